The van der Waals surface area contributed by atoms with E-state index in [1.54, 1.807) is 4.90 Å². The van der Waals surface area contributed by atoms with Gasteiger partial charge in [0.25, 0.3) is 0 Å². The van der Waals surface area contributed by atoms with E-state index in [-0.39, 0.29) is 11.8 Å². The number of benzene rings is 1. The van der Waals surface area contributed by atoms with Gasteiger partial charge in [0.1, 0.15) is 0 Å². The van der Waals surface area contributed by atoms with Crippen LogP contribution >= 0.6 is 0 Å². The maximum Gasteiger partial charge on any atom is 0.231 e. The fourth-order valence-corrected chi connectivity index (χ4v) is 2.66. The first-order valence-corrected chi connectivity index (χ1v) is 6.55. The monoisotopic (exact) mass is 246 g/mol. The number of anilines is 1. The number of nitrogens with zero attached hydrogens (tertiary/aromatic N) is 1. The SMILES string of the molecule is Cc1cc(C)cc(N(C)C(=O)C2CNCC2C)c1. The second-order valence-corrected chi connectivity index (χ2v) is 5.49. The van der Waals surface area contributed by atoms with Gasteiger partial charge in [0.05, 0.1) is 5.92 Å². The smallest absolute Gasteiger partial charge is 0.231 e. The second-order valence-electron chi connectivity index (χ2n) is 5.49. The highest BCUT2D eigenvalue weighted by Gasteiger charge is 2.32. The Morgan fingerprint density at radius 2 is 1.83 bits per heavy atom. The molecule has 2 atom stereocenters. The van der Waals surface area contributed by atoms with Crippen LogP contribution in [0.3, 0.4) is 0 Å². The lowest BCUT2D eigenvalue weighted by Crippen LogP contribution is -2.36. The zero-order valence-electron chi connectivity index (χ0n) is 11.7. The molecule has 0 radical (unpaired) electrons. The molecule has 1 N–H and O–H groups in total. The Morgan fingerprint density at radius 1 is 1.22 bits per heavy atom. The Morgan fingerprint density at radius 3 is 2.33 bits per heavy atom. The Hall–Kier alpha value is -1.35. The number of hydrogen-bond acceptors (Lipinski definition) is 2. The Balaban J connectivity index is 2.19. The van der Waals surface area contributed by atoms with Crippen molar-refractivity contribution in [2.24, 2.45) is 11.8 Å². The Labute approximate surface area is 109 Å². The standard InChI is InChI=1S/C15H22N2O/c1-10-5-11(2)7-13(6-10)17(4)15(18)14-9-16-8-12(14)3/h5-7,12,14,16H,8-9H2,1-4H3. The first kappa shape index (κ1) is 13.1. The summed E-state index contributed by atoms with van der Waals surface area (Å²) in [6.07, 6.45) is 0. The average Bonchev–Trinajstić information content (AvgIpc) is 2.72. The van der Waals surface area contributed by atoms with Crippen molar-refractivity contribution in [1.29, 1.82) is 0 Å². The molecule has 0 aliphatic carbocycles. The maximum atomic E-state index is 12.5. The molecule has 2 rings (SSSR count). The largest absolute Gasteiger partial charge is 0.316 e. The number of nitrogens with one attached hydrogen (secondary N) is 1. The van der Waals surface area contributed by atoms with E-state index in [2.05, 4.69) is 44.3 Å². The first-order valence-electron chi connectivity index (χ1n) is 6.55. The fourth-order valence-electron chi connectivity index (χ4n) is 2.66. The van der Waals surface area contributed by atoms with E-state index >= 15 is 0 Å². The van der Waals surface area contributed by atoms with Gasteiger partial charge in [-0.15, -0.1) is 0 Å². The van der Waals surface area contributed by atoms with Crippen LogP contribution in [0.25, 0.3) is 0 Å². The van der Waals surface area contributed by atoms with E-state index in [0.717, 1.165) is 18.8 Å². The quantitative estimate of drug-likeness (QED) is 0.867. The van der Waals surface area contributed by atoms with Crippen molar-refractivity contribution in [3.8, 4) is 0 Å². The zero-order valence-corrected chi connectivity index (χ0v) is 11.7. The summed E-state index contributed by atoms with van der Waals surface area (Å²) in [5.74, 6) is 0.749. The van der Waals surface area contributed by atoms with Gasteiger partial charge in [0, 0.05) is 19.3 Å². The van der Waals surface area contributed by atoms with Crippen LogP contribution in [-0.2, 0) is 4.79 Å². The van der Waals surface area contributed by atoms with E-state index in [0.29, 0.717) is 5.92 Å². The molecule has 1 fully saturated rings. The van der Waals surface area contributed by atoms with Crippen LogP contribution in [0.2, 0.25) is 0 Å². The second kappa shape index (κ2) is 5.11. The Bertz CT molecular complexity index is 436. The average molecular weight is 246 g/mol. The van der Waals surface area contributed by atoms with Gasteiger partial charge < -0.3 is 10.2 Å². The predicted octanol–water partition coefficient (Wildman–Crippen LogP) is 2.12. The molecule has 1 aromatic rings. The van der Waals surface area contributed by atoms with Crippen molar-refractivity contribution in [1.82, 2.24) is 5.32 Å². The predicted molar refractivity (Wildman–Crippen MR) is 74.8 cm³/mol. The molecule has 1 amide bonds. The summed E-state index contributed by atoms with van der Waals surface area (Å²) in [5, 5.41) is 3.28. The normalized spacial score (nSPS) is 23.1. The topological polar surface area (TPSA) is 32.3 Å². The highest BCUT2D eigenvalue weighted by Crippen LogP contribution is 2.23. The van der Waals surface area contributed by atoms with E-state index in [1.165, 1.54) is 11.1 Å². The minimum Gasteiger partial charge on any atom is -0.316 e. The Kier molecular flexibility index (Phi) is 3.71. The summed E-state index contributed by atoms with van der Waals surface area (Å²) < 4.78 is 0. The number of amides is 1. The van der Waals surface area contributed by atoms with Gasteiger partial charge in [0.15, 0.2) is 0 Å². The van der Waals surface area contributed by atoms with Crippen LogP contribution in [0, 0.1) is 25.7 Å². The van der Waals surface area contributed by atoms with Gasteiger partial charge in [-0.2, -0.15) is 0 Å². The molecule has 2 unspecified atom stereocenters. The molecule has 3 nitrogen and oxygen atoms in total. The maximum absolute atomic E-state index is 12.5. The number of rotatable bonds is 2. The summed E-state index contributed by atoms with van der Waals surface area (Å²) in [5.41, 5.74) is 3.39. The van der Waals surface area contributed by atoms with Crippen molar-refractivity contribution in [2.45, 2.75) is 20.8 Å². The van der Waals surface area contributed by atoms with Crippen LogP contribution in [0.1, 0.15) is 18.1 Å². The van der Waals surface area contributed by atoms with Crippen LogP contribution in [0.5, 0.6) is 0 Å². The third kappa shape index (κ3) is 2.56. The molecule has 0 aromatic heterocycles. The lowest BCUT2D eigenvalue weighted by molar-refractivity contribution is -0.122. The molecular weight excluding hydrogens is 224 g/mol. The molecule has 1 saturated heterocycles. The molecule has 3 heteroatoms. The van der Waals surface area contributed by atoms with Crippen LogP contribution in [-0.4, -0.2) is 26.0 Å². The third-order valence-electron chi connectivity index (χ3n) is 3.76. The molecular formula is C15H22N2O. The number of hydrogen-bond donors (Lipinski definition) is 1. The van der Waals surface area contributed by atoms with Crippen molar-refractivity contribution in [3.05, 3.63) is 29.3 Å². The van der Waals surface area contributed by atoms with Gasteiger partial charge in [0.2, 0.25) is 5.91 Å². The third-order valence-corrected chi connectivity index (χ3v) is 3.76. The summed E-state index contributed by atoms with van der Waals surface area (Å²) in [6, 6.07) is 6.26. The molecule has 0 saturated carbocycles. The summed E-state index contributed by atoms with van der Waals surface area (Å²) in [7, 11) is 1.88. The van der Waals surface area contributed by atoms with Gasteiger partial charge in [-0.1, -0.05) is 13.0 Å². The van der Waals surface area contributed by atoms with Crippen LogP contribution in [0.4, 0.5) is 5.69 Å². The minimum atomic E-state index is 0.107. The molecule has 98 valence electrons. The highest BCUT2D eigenvalue weighted by atomic mass is 16.2. The van der Waals surface area contributed by atoms with E-state index in [9.17, 15) is 4.79 Å². The van der Waals surface area contributed by atoms with E-state index < -0.39 is 0 Å². The van der Waals surface area contributed by atoms with Crippen molar-refractivity contribution < 1.29 is 4.79 Å². The number of carbonyl (C=O) groups excluding carboxylic acids is 1. The number of aryl methyl sites for hydroxylation is 2. The molecule has 1 heterocycles. The van der Waals surface area contributed by atoms with Crippen molar-refractivity contribution in [3.63, 3.8) is 0 Å². The molecule has 1 aliphatic heterocycles. The summed E-state index contributed by atoms with van der Waals surface area (Å²) >= 11 is 0. The highest BCUT2D eigenvalue weighted by molar-refractivity contribution is 5.95. The van der Waals surface area contributed by atoms with E-state index in [1.807, 2.05) is 7.05 Å². The first-order chi connectivity index (χ1) is 8.49. The zero-order chi connectivity index (χ0) is 13.3. The fraction of sp³-hybridized carbons (Fsp3) is 0.533. The summed E-state index contributed by atoms with van der Waals surface area (Å²) in [6.45, 7) is 8.01. The molecule has 1 aromatic carbocycles. The van der Waals surface area contributed by atoms with Gasteiger partial charge in [-0.3, -0.25) is 4.79 Å². The molecule has 1 aliphatic rings. The minimum absolute atomic E-state index is 0.107. The molecule has 0 bridgehead atoms. The lowest BCUT2D eigenvalue weighted by atomic mass is 9.96. The van der Waals surface area contributed by atoms with E-state index in [4.69, 9.17) is 0 Å². The van der Waals surface area contributed by atoms with Gasteiger partial charge in [-0.25, -0.2) is 0 Å². The van der Waals surface area contributed by atoms with Gasteiger partial charge in [-0.05, 0) is 49.6 Å². The molecule has 0 spiro atoms. The molecule has 18 heavy (non-hydrogen) atoms. The van der Waals surface area contributed by atoms with Crippen molar-refractivity contribution in [2.75, 3.05) is 25.0 Å². The summed E-state index contributed by atoms with van der Waals surface area (Å²) in [4.78, 5) is 14.3. The number of carbonyl (C=O) groups is 1. The lowest BCUT2D eigenvalue weighted by Gasteiger charge is -2.23. The van der Waals surface area contributed by atoms with Crippen LogP contribution < -0.4 is 10.2 Å². The van der Waals surface area contributed by atoms with Crippen molar-refractivity contribution >= 4 is 11.6 Å². The van der Waals surface area contributed by atoms with Crippen LogP contribution in [0.15, 0.2) is 18.2 Å². The van der Waals surface area contributed by atoms with Gasteiger partial charge >= 0.3 is 0 Å².